The van der Waals surface area contributed by atoms with Crippen LogP contribution in [0, 0.1) is 0 Å². The van der Waals surface area contributed by atoms with Gasteiger partial charge in [0, 0.05) is 7.05 Å². The fraction of sp³-hybridized carbons (Fsp3) is 0.833. The second kappa shape index (κ2) is 6.09. The molecule has 0 saturated carbocycles. The molecule has 11 heavy (non-hydrogen) atoms. The number of hydrogen-bond donors (Lipinski definition) is 4. The van der Waals surface area contributed by atoms with Gasteiger partial charge in [-0.1, -0.05) is 0 Å². The molecule has 66 valence electrons. The van der Waals surface area contributed by atoms with E-state index in [0.717, 1.165) is 0 Å². The van der Waals surface area contributed by atoms with Crippen LogP contribution in [0.3, 0.4) is 0 Å². The largest absolute Gasteiger partial charge is 0.395 e. The average Bonchev–Trinajstić information content (AvgIpc) is 2.06. The topological polar surface area (TPSA) is 81.6 Å². The first-order valence-electron chi connectivity index (χ1n) is 3.40. The monoisotopic (exact) mass is 162 g/mol. The fourth-order valence-corrected chi connectivity index (χ4v) is 0.512. The maximum Gasteiger partial charge on any atom is 0.233 e. The van der Waals surface area contributed by atoms with Crippen LogP contribution in [0.15, 0.2) is 0 Å². The maximum atomic E-state index is 10.6. The van der Waals surface area contributed by atoms with Gasteiger partial charge < -0.3 is 20.8 Å². The molecule has 0 aliphatic carbocycles. The van der Waals surface area contributed by atoms with E-state index in [2.05, 4.69) is 10.6 Å². The lowest BCUT2D eigenvalue weighted by Gasteiger charge is -2.11. The Balaban J connectivity index is 3.42. The second-order valence-electron chi connectivity index (χ2n) is 2.12. The minimum Gasteiger partial charge on any atom is -0.395 e. The quantitative estimate of drug-likeness (QED) is 0.365. The predicted octanol–water partition coefficient (Wildman–Crippen LogP) is -2.32. The van der Waals surface area contributed by atoms with Gasteiger partial charge in [-0.05, 0) is 0 Å². The molecule has 0 fully saturated rings. The lowest BCUT2D eigenvalue weighted by Crippen LogP contribution is -2.41. The normalized spacial score (nSPS) is 10.2. The van der Waals surface area contributed by atoms with E-state index in [1.165, 1.54) is 7.05 Å². The Morgan fingerprint density at radius 1 is 1.45 bits per heavy atom. The summed E-state index contributed by atoms with van der Waals surface area (Å²) in [4.78, 5) is 10.6. The van der Waals surface area contributed by atoms with Crippen molar-refractivity contribution in [1.29, 1.82) is 0 Å². The summed E-state index contributed by atoms with van der Waals surface area (Å²) in [5.41, 5.74) is 0. The lowest BCUT2D eigenvalue weighted by atomic mass is 10.3. The molecule has 0 rings (SSSR count). The summed E-state index contributed by atoms with van der Waals surface area (Å²) in [6.45, 7) is -0.233. The summed E-state index contributed by atoms with van der Waals surface area (Å²) in [5, 5.41) is 22.2. The number of carbonyl (C=O) groups excluding carboxylic acids is 1. The van der Waals surface area contributed by atoms with Crippen molar-refractivity contribution < 1.29 is 15.0 Å². The predicted molar refractivity (Wildman–Crippen MR) is 40.0 cm³/mol. The summed E-state index contributed by atoms with van der Waals surface area (Å²) in [5.74, 6) is -0.170. The number of rotatable bonds is 5. The highest BCUT2D eigenvalue weighted by atomic mass is 16.3. The summed E-state index contributed by atoms with van der Waals surface area (Å²) >= 11 is 0. The fourth-order valence-electron chi connectivity index (χ4n) is 0.512. The highest BCUT2D eigenvalue weighted by molar-refractivity contribution is 5.77. The molecule has 5 heteroatoms. The first-order chi connectivity index (χ1) is 5.24. The van der Waals surface area contributed by atoms with E-state index in [-0.39, 0.29) is 25.7 Å². The van der Waals surface area contributed by atoms with Crippen LogP contribution in [0.4, 0.5) is 0 Å². The van der Waals surface area contributed by atoms with Crippen LogP contribution in [0.2, 0.25) is 0 Å². The Morgan fingerprint density at radius 3 is 2.36 bits per heavy atom. The molecule has 0 bridgehead atoms. The van der Waals surface area contributed by atoms with E-state index in [9.17, 15) is 4.79 Å². The van der Waals surface area contributed by atoms with Crippen LogP contribution >= 0.6 is 0 Å². The van der Waals surface area contributed by atoms with Gasteiger partial charge in [0.15, 0.2) is 0 Å². The van der Waals surface area contributed by atoms with Crippen LogP contribution in [0.25, 0.3) is 0 Å². The van der Waals surface area contributed by atoms with Crippen LogP contribution in [-0.2, 0) is 4.79 Å². The van der Waals surface area contributed by atoms with Gasteiger partial charge in [0.25, 0.3) is 0 Å². The number of amides is 1. The van der Waals surface area contributed by atoms with E-state index in [1.807, 2.05) is 0 Å². The molecule has 0 unspecified atom stereocenters. The third-order valence-electron chi connectivity index (χ3n) is 1.27. The van der Waals surface area contributed by atoms with Gasteiger partial charge in [-0.15, -0.1) is 0 Å². The van der Waals surface area contributed by atoms with Gasteiger partial charge in [-0.2, -0.15) is 0 Å². The Morgan fingerprint density at radius 2 is 2.00 bits per heavy atom. The number of likely N-dealkylation sites (N-methyl/N-ethyl adjacent to an activating group) is 1. The highest BCUT2D eigenvalue weighted by Crippen LogP contribution is 1.77. The molecule has 5 nitrogen and oxygen atoms in total. The Hall–Kier alpha value is -0.650. The highest BCUT2D eigenvalue weighted by Gasteiger charge is 2.05. The van der Waals surface area contributed by atoms with Crippen molar-refractivity contribution in [3.05, 3.63) is 0 Å². The number of carbonyl (C=O) groups is 1. The molecule has 0 aromatic carbocycles. The van der Waals surface area contributed by atoms with Crippen LogP contribution in [0.5, 0.6) is 0 Å². The molecule has 0 aromatic rings. The number of nitrogens with one attached hydrogen (secondary N) is 2. The molecule has 0 aliphatic rings. The third kappa shape index (κ3) is 4.72. The SMILES string of the molecule is CNC(=O)CNC(CO)CO. The van der Waals surface area contributed by atoms with E-state index >= 15 is 0 Å². The first kappa shape index (κ1) is 10.3. The summed E-state index contributed by atoms with van der Waals surface area (Å²) < 4.78 is 0. The zero-order chi connectivity index (χ0) is 8.69. The minimum atomic E-state index is -0.410. The first-order valence-corrected chi connectivity index (χ1v) is 3.40. The van der Waals surface area contributed by atoms with E-state index < -0.39 is 6.04 Å². The van der Waals surface area contributed by atoms with Gasteiger partial charge in [-0.3, -0.25) is 4.79 Å². The van der Waals surface area contributed by atoms with Gasteiger partial charge in [0.2, 0.25) is 5.91 Å². The van der Waals surface area contributed by atoms with Crippen molar-refractivity contribution in [2.45, 2.75) is 6.04 Å². The molecule has 0 aromatic heterocycles. The molecule has 0 saturated heterocycles. The maximum absolute atomic E-state index is 10.6. The Bertz CT molecular complexity index is 114. The smallest absolute Gasteiger partial charge is 0.233 e. The number of hydrogen-bond acceptors (Lipinski definition) is 4. The molecule has 0 spiro atoms. The van der Waals surface area contributed by atoms with Gasteiger partial charge >= 0.3 is 0 Å². The van der Waals surface area contributed by atoms with Gasteiger partial charge in [0.05, 0.1) is 25.8 Å². The molecule has 0 radical (unpaired) electrons. The number of aliphatic hydroxyl groups is 2. The molecule has 4 N–H and O–H groups in total. The summed E-state index contributed by atoms with van der Waals surface area (Å²) in [6, 6.07) is -0.410. The third-order valence-corrected chi connectivity index (χ3v) is 1.27. The van der Waals surface area contributed by atoms with E-state index in [4.69, 9.17) is 10.2 Å². The molecular formula is C6H14N2O3. The van der Waals surface area contributed by atoms with Crippen molar-refractivity contribution >= 4 is 5.91 Å². The van der Waals surface area contributed by atoms with Crippen molar-refractivity contribution in [1.82, 2.24) is 10.6 Å². The van der Waals surface area contributed by atoms with Crippen molar-refractivity contribution in [2.75, 3.05) is 26.8 Å². The zero-order valence-corrected chi connectivity index (χ0v) is 6.50. The van der Waals surface area contributed by atoms with E-state index in [0.29, 0.717) is 0 Å². The molecule has 1 amide bonds. The van der Waals surface area contributed by atoms with Crippen molar-refractivity contribution in [3.8, 4) is 0 Å². The number of aliphatic hydroxyl groups excluding tert-OH is 2. The standard InChI is InChI=1S/C6H14N2O3/c1-7-6(11)2-8-5(3-9)4-10/h5,8-10H,2-4H2,1H3,(H,7,11). The molecule has 0 atom stereocenters. The molecule has 0 aliphatic heterocycles. The zero-order valence-electron chi connectivity index (χ0n) is 6.50. The van der Waals surface area contributed by atoms with Gasteiger partial charge in [0.1, 0.15) is 0 Å². The Labute approximate surface area is 65.4 Å². The summed E-state index contributed by atoms with van der Waals surface area (Å²) in [7, 11) is 1.52. The Kier molecular flexibility index (Phi) is 5.73. The second-order valence-corrected chi connectivity index (χ2v) is 2.12. The van der Waals surface area contributed by atoms with Crippen LogP contribution in [-0.4, -0.2) is 49.0 Å². The average molecular weight is 162 g/mol. The molecular weight excluding hydrogens is 148 g/mol. The van der Waals surface area contributed by atoms with E-state index in [1.54, 1.807) is 0 Å². The lowest BCUT2D eigenvalue weighted by molar-refractivity contribution is -0.119. The van der Waals surface area contributed by atoms with Crippen molar-refractivity contribution in [2.24, 2.45) is 0 Å². The summed E-state index contributed by atoms with van der Waals surface area (Å²) in [6.07, 6.45) is 0. The van der Waals surface area contributed by atoms with Crippen LogP contribution < -0.4 is 10.6 Å². The minimum absolute atomic E-state index is 0.113. The van der Waals surface area contributed by atoms with Crippen molar-refractivity contribution in [3.63, 3.8) is 0 Å². The van der Waals surface area contributed by atoms with Gasteiger partial charge in [-0.25, -0.2) is 0 Å². The van der Waals surface area contributed by atoms with Crippen LogP contribution in [0.1, 0.15) is 0 Å². The molecule has 0 heterocycles.